The monoisotopic (exact) mass is 335 g/mol. The van der Waals surface area contributed by atoms with Crippen molar-refractivity contribution in [3.05, 3.63) is 52.3 Å². The molecule has 0 unspecified atom stereocenters. The molecular formula is C22H29N3. The molecule has 0 aliphatic carbocycles. The third-order valence-electron chi connectivity index (χ3n) is 5.05. The van der Waals surface area contributed by atoms with Crippen LogP contribution in [0.1, 0.15) is 41.8 Å². The van der Waals surface area contributed by atoms with E-state index in [-0.39, 0.29) is 0 Å². The van der Waals surface area contributed by atoms with Crippen molar-refractivity contribution in [3.8, 4) is 11.1 Å². The smallest absolute Gasteiger partial charge is 0.146 e. The van der Waals surface area contributed by atoms with E-state index in [1.54, 1.807) is 0 Å². The van der Waals surface area contributed by atoms with Gasteiger partial charge >= 0.3 is 0 Å². The predicted molar refractivity (Wildman–Crippen MR) is 108 cm³/mol. The van der Waals surface area contributed by atoms with Gasteiger partial charge in [0, 0.05) is 36.6 Å². The summed E-state index contributed by atoms with van der Waals surface area (Å²) in [5.41, 5.74) is 9.96. The van der Waals surface area contributed by atoms with Crippen LogP contribution in [0.5, 0.6) is 0 Å². The fourth-order valence-electron chi connectivity index (χ4n) is 4.03. The molecule has 0 N–H and O–H groups in total. The van der Waals surface area contributed by atoms with Crippen molar-refractivity contribution in [3.63, 3.8) is 0 Å². The maximum absolute atomic E-state index is 4.93. The molecule has 3 rings (SSSR count). The Kier molecular flexibility index (Phi) is 4.59. The topological polar surface area (TPSA) is 20.5 Å². The number of nitrogens with zero attached hydrogens (tertiary/aromatic N) is 3. The largest absolute Gasteiger partial charge is 0.358 e. The third kappa shape index (κ3) is 2.92. The minimum absolute atomic E-state index is 0.990. The molecule has 0 radical (unpaired) electrons. The number of hydrogen-bond acceptors (Lipinski definition) is 2. The molecule has 0 aliphatic heterocycles. The molecule has 0 fully saturated rings. The van der Waals surface area contributed by atoms with Gasteiger partial charge in [0.15, 0.2) is 0 Å². The van der Waals surface area contributed by atoms with Gasteiger partial charge in [0.25, 0.3) is 0 Å². The molecule has 132 valence electrons. The lowest BCUT2D eigenvalue weighted by molar-refractivity contribution is 0.829. The number of rotatable bonds is 4. The normalized spacial score (nSPS) is 11.3. The minimum atomic E-state index is 0.990. The van der Waals surface area contributed by atoms with Crippen molar-refractivity contribution in [2.24, 2.45) is 0 Å². The van der Waals surface area contributed by atoms with Crippen molar-refractivity contribution in [1.82, 2.24) is 9.38 Å². The SMILES string of the molecule is CCN(CC)c1cc(C)nc2c(-c3c(C)cc(C)cc3C)c(C)cn12. The van der Waals surface area contributed by atoms with Crippen molar-refractivity contribution in [1.29, 1.82) is 0 Å². The molecule has 0 amide bonds. The van der Waals surface area contributed by atoms with Crippen LogP contribution in [0.25, 0.3) is 16.8 Å². The maximum atomic E-state index is 4.93. The molecule has 2 heterocycles. The average Bonchev–Trinajstić information content (AvgIpc) is 2.84. The molecule has 3 aromatic rings. The van der Waals surface area contributed by atoms with E-state index in [1.165, 1.54) is 39.2 Å². The zero-order valence-electron chi connectivity index (χ0n) is 16.6. The Morgan fingerprint density at radius 1 is 0.840 bits per heavy atom. The van der Waals surface area contributed by atoms with Gasteiger partial charge in [0.1, 0.15) is 11.5 Å². The Balaban J connectivity index is 2.37. The number of benzene rings is 1. The number of fused-ring (bicyclic) bond motifs is 1. The summed E-state index contributed by atoms with van der Waals surface area (Å²) in [4.78, 5) is 7.31. The quantitative estimate of drug-likeness (QED) is 0.637. The highest BCUT2D eigenvalue weighted by Crippen LogP contribution is 2.36. The summed E-state index contributed by atoms with van der Waals surface area (Å²) >= 11 is 0. The fraction of sp³-hybridized carbons (Fsp3) is 0.409. The first-order chi connectivity index (χ1) is 11.9. The van der Waals surface area contributed by atoms with Crippen LogP contribution < -0.4 is 4.90 Å². The second kappa shape index (κ2) is 6.55. The van der Waals surface area contributed by atoms with Crippen LogP contribution in [0.15, 0.2) is 24.4 Å². The van der Waals surface area contributed by atoms with Crippen LogP contribution in [-0.2, 0) is 0 Å². The Morgan fingerprint density at radius 2 is 1.44 bits per heavy atom. The average molecular weight is 335 g/mol. The van der Waals surface area contributed by atoms with Crippen LogP contribution in [0, 0.1) is 34.6 Å². The molecule has 3 nitrogen and oxygen atoms in total. The van der Waals surface area contributed by atoms with Crippen LogP contribution in [0.4, 0.5) is 5.82 Å². The number of aryl methyl sites for hydroxylation is 5. The molecule has 2 aromatic heterocycles. The van der Waals surface area contributed by atoms with Gasteiger partial charge in [-0.25, -0.2) is 4.98 Å². The van der Waals surface area contributed by atoms with E-state index in [0.29, 0.717) is 0 Å². The highest BCUT2D eigenvalue weighted by Gasteiger charge is 2.19. The summed E-state index contributed by atoms with van der Waals surface area (Å²) in [5, 5.41) is 0. The zero-order valence-corrected chi connectivity index (χ0v) is 16.6. The first kappa shape index (κ1) is 17.5. The van der Waals surface area contributed by atoms with Crippen molar-refractivity contribution in [2.75, 3.05) is 18.0 Å². The van der Waals surface area contributed by atoms with Gasteiger partial charge in [-0.15, -0.1) is 0 Å². The molecule has 1 aromatic carbocycles. The molecule has 0 spiro atoms. The summed E-state index contributed by atoms with van der Waals surface area (Å²) < 4.78 is 2.27. The van der Waals surface area contributed by atoms with Crippen molar-refractivity contribution in [2.45, 2.75) is 48.5 Å². The summed E-state index contributed by atoms with van der Waals surface area (Å²) in [7, 11) is 0. The predicted octanol–water partition coefficient (Wildman–Crippen LogP) is 5.39. The first-order valence-corrected chi connectivity index (χ1v) is 9.19. The standard InChI is InChI=1S/C22H29N3/c1-8-24(9-2)19-12-18(7)23-22-21(17(6)13-25(19)22)20-15(4)10-14(3)11-16(20)5/h10-13H,8-9H2,1-7H3. The van der Waals surface area contributed by atoms with Crippen molar-refractivity contribution < 1.29 is 0 Å². The lowest BCUT2D eigenvalue weighted by Crippen LogP contribution is -2.24. The first-order valence-electron chi connectivity index (χ1n) is 9.19. The van der Waals surface area contributed by atoms with Gasteiger partial charge in [-0.05, 0) is 70.7 Å². The number of hydrogen-bond donors (Lipinski definition) is 0. The van der Waals surface area contributed by atoms with Crippen molar-refractivity contribution >= 4 is 11.5 Å². The van der Waals surface area contributed by atoms with Crippen LogP contribution in [0.2, 0.25) is 0 Å². The number of aromatic nitrogens is 2. The lowest BCUT2D eigenvalue weighted by Gasteiger charge is -2.23. The van der Waals surface area contributed by atoms with Gasteiger partial charge < -0.3 is 4.90 Å². The Hall–Kier alpha value is -2.29. The third-order valence-corrected chi connectivity index (χ3v) is 5.05. The van der Waals surface area contributed by atoms with E-state index in [0.717, 1.165) is 24.4 Å². The number of anilines is 1. The van der Waals surface area contributed by atoms with Crippen LogP contribution in [0.3, 0.4) is 0 Å². The van der Waals surface area contributed by atoms with E-state index in [2.05, 4.69) is 82.2 Å². The lowest BCUT2D eigenvalue weighted by atomic mass is 9.93. The van der Waals surface area contributed by atoms with Gasteiger partial charge in [-0.1, -0.05) is 17.7 Å². The summed E-state index contributed by atoms with van der Waals surface area (Å²) in [6, 6.07) is 6.73. The second-order valence-corrected chi connectivity index (χ2v) is 7.08. The van der Waals surface area contributed by atoms with E-state index in [4.69, 9.17) is 4.98 Å². The van der Waals surface area contributed by atoms with Gasteiger partial charge in [-0.3, -0.25) is 4.40 Å². The van der Waals surface area contributed by atoms with Gasteiger partial charge in [-0.2, -0.15) is 0 Å². The summed E-state index contributed by atoms with van der Waals surface area (Å²) in [6.07, 6.45) is 2.24. The highest BCUT2D eigenvalue weighted by molar-refractivity contribution is 5.86. The zero-order chi connectivity index (χ0) is 18.3. The van der Waals surface area contributed by atoms with E-state index in [9.17, 15) is 0 Å². The molecule has 0 saturated carbocycles. The van der Waals surface area contributed by atoms with E-state index in [1.807, 2.05) is 0 Å². The molecule has 3 heteroatoms. The Bertz CT molecular complexity index is 907. The van der Waals surface area contributed by atoms with E-state index < -0.39 is 0 Å². The Labute approximate surface area is 151 Å². The van der Waals surface area contributed by atoms with Gasteiger partial charge in [0.2, 0.25) is 0 Å². The molecule has 0 atom stereocenters. The van der Waals surface area contributed by atoms with E-state index >= 15 is 0 Å². The minimum Gasteiger partial charge on any atom is -0.358 e. The summed E-state index contributed by atoms with van der Waals surface area (Å²) in [6.45, 7) is 17.3. The molecule has 0 aliphatic rings. The molecule has 0 bridgehead atoms. The Morgan fingerprint density at radius 3 is 2.00 bits per heavy atom. The molecular weight excluding hydrogens is 306 g/mol. The summed E-state index contributed by atoms with van der Waals surface area (Å²) in [5.74, 6) is 1.23. The van der Waals surface area contributed by atoms with Crippen LogP contribution in [-0.4, -0.2) is 22.5 Å². The second-order valence-electron chi connectivity index (χ2n) is 7.08. The highest BCUT2D eigenvalue weighted by atomic mass is 15.2. The van der Waals surface area contributed by atoms with Gasteiger partial charge in [0.05, 0.1) is 0 Å². The fourth-order valence-corrected chi connectivity index (χ4v) is 4.03. The molecule has 25 heavy (non-hydrogen) atoms. The van der Waals surface area contributed by atoms with Crippen LogP contribution >= 0.6 is 0 Å². The maximum Gasteiger partial charge on any atom is 0.146 e. The molecule has 0 saturated heterocycles.